The van der Waals surface area contributed by atoms with Crippen molar-refractivity contribution in [2.24, 2.45) is 0 Å². The van der Waals surface area contributed by atoms with E-state index in [1.54, 1.807) is 30.0 Å². The van der Waals surface area contributed by atoms with E-state index in [1.165, 1.54) is 6.07 Å². The smallest absolute Gasteiger partial charge is 0.263 e. The zero-order valence-corrected chi connectivity index (χ0v) is 16.8. The van der Waals surface area contributed by atoms with Gasteiger partial charge in [-0.2, -0.15) is 0 Å². The molecule has 1 aliphatic rings. The molecule has 0 bridgehead atoms. The van der Waals surface area contributed by atoms with Gasteiger partial charge in [-0.1, -0.05) is 36.4 Å². The Kier molecular flexibility index (Phi) is 5.66. The minimum atomic E-state index is -0.941. The van der Waals surface area contributed by atoms with Gasteiger partial charge in [0.05, 0.1) is 0 Å². The summed E-state index contributed by atoms with van der Waals surface area (Å²) in [7, 11) is 0. The maximum atomic E-state index is 13.9. The molecule has 0 aromatic heterocycles. The normalized spacial score (nSPS) is 15.6. The Hall–Kier alpha value is -3.74. The number of amides is 2. The molecule has 1 heterocycles. The van der Waals surface area contributed by atoms with Gasteiger partial charge in [0.1, 0.15) is 22.9 Å². The molecule has 0 saturated carbocycles. The van der Waals surface area contributed by atoms with E-state index in [9.17, 15) is 18.4 Å². The number of rotatable bonds is 4. The topological polar surface area (TPSA) is 58.6 Å². The number of ether oxygens (including phenoxy) is 1. The van der Waals surface area contributed by atoms with Gasteiger partial charge in [0.15, 0.2) is 6.10 Å². The van der Waals surface area contributed by atoms with Crippen LogP contribution in [0.5, 0.6) is 5.75 Å². The van der Waals surface area contributed by atoms with E-state index in [1.807, 2.05) is 30.3 Å². The van der Waals surface area contributed by atoms with Crippen LogP contribution in [0.1, 0.15) is 28.4 Å². The van der Waals surface area contributed by atoms with E-state index in [-0.39, 0.29) is 12.5 Å². The van der Waals surface area contributed by atoms with Crippen molar-refractivity contribution in [3.05, 3.63) is 95.1 Å². The number of anilines is 1. The molecule has 3 aromatic rings. The highest BCUT2D eigenvalue weighted by atomic mass is 19.1. The first-order valence-electron chi connectivity index (χ1n) is 9.80. The monoisotopic (exact) mass is 422 g/mol. The van der Waals surface area contributed by atoms with Crippen molar-refractivity contribution < 1.29 is 23.1 Å². The highest BCUT2D eigenvalue weighted by Crippen LogP contribution is 2.29. The number of carbonyl (C=O) groups excluding carboxylic acids is 2. The number of hydrogen-bond acceptors (Lipinski definition) is 3. The molecule has 2 amide bonds. The Balaban J connectivity index is 1.59. The number of fused-ring (bicyclic) bond motifs is 1. The second kappa shape index (κ2) is 8.55. The molecule has 158 valence electrons. The van der Waals surface area contributed by atoms with Crippen molar-refractivity contribution >= 4 is 17.5 Å². The summed E-state index contributed by atoms with van der Waals surface area (Å²) in [6.07, 6.45) is -0.669. The molecule has 1 atom stereocenters. The number of nitrogens with zero attached hydrogens (tertiary/aromatic N) is 1. The van der Waals surface area contributed by atoms with Crippen LogP contribution in [0.25, 0.3) is 0 Å². The Labute approximate surface area is 178 Å². The minimum Gasteiger partial charge on any atom is -0.481 e. The molecular formula is C24H20F2N2O3. The van der Waals surface area contributed by atoms with Crippen molar-refractivity contribution in [2.75, 3.05) is 5.32 Å². The van der Waals surface area contributed by atoms with Crippen LogP contribution in [0.15, 0.2) is 66.7 Å². The lowest BCUT2D eigenvalue weighted by molar-refractivity contribution is -0.138. The highest BCUT2D eigenvalue weighted by Gasteiger charge is 2.28. The van der Waals surface area contributed by atoms with Gasteiger partial charge in [0.2, 0.25) is 0 Å². The van der Waals surface area contributed by atoms with Crippen molar-refractivity contribution in [1.82, 2.24) is 4.90 Å². The molecule has 3 aromatic carbocycles. The van der Waals surface area contributed by atoms with E-state index in [4.69, 9.17) is 4.74 Å². The maximum absolute atomic E-state index is 13.9. The first kappa shape index (κ1) is 20.5. The minimum absolute atomic E-state index is 0.154. The van der Waals surface area contributed by atoms with Crippen LogP contribution < -0.4 is 10.1 Å². The van der Waals surface area contributed by atoms with Crippen LogP contribution in [0.4, 0.5) is 14.5 Å². The van der Waals surface area contributed by atoms with Gasteiger partial charge in [0, 0.05) is 24.3 Å². The summed E-state index contributed by atoms with van der Waals surface area (Å²) in [5.74, 6) is -2.41. The summed E-state index contributed by atoms with van der Waals surface area (Å²) in [4.78, 5) is 26.9. The number of carbonyl (C=O) groups is 2. The molecule has 0 radical (unpaired) electrons. The van der Waals surface area contributed by atoms with Crippen LogP contribution in [-0.2, 0) is 17.9 Å². The second-order valence-corrected chi connectivity index (χ2v) is 7.31. The van der Waals surface area contributed by atoms with Crippen LogP contribution in [0.2, 0.25) is 0 Å². The van der Waals surface area contributed by atoms with Crippen molar-refractivity contribution in [1.29, 1.82) is 0 Å². The summed E-state index contributed by atoms with van der Waals surface area (Å²) in [5, 5.41) is 2.52. The molecule has 0 aliphatic carbocycles. The third-order valence-electron chi connectivity index (χ3n) is 5.05. The molecule has 1 N–H and O–H groups in total. The lowest BCUT2D eigenvalue weighted by Gasteiger charge is -2.22. The molecule has 0 saturated heterocycles. The van der Waals surface area contributed by atoms with E-state index in [2.05, 4.69) is 5.32 Å². The van der Waals surface area contributed by atoms with Crippen LogP contribution in [0.3, 0.4) is 0 Å². The molecule has 5 nitrogen and oxygen atoms in total. The quantitative estimate of drug-likeness (QED) is 0.672. The molecule has 1 aliphatic heterocycles. The van der Waals surface area contributed by atoms with Crippen LogP contribution in [-0.4, -0.2) is 22.8 Å². The molecule has 0 fully saturated rings. The standard InChI is InChI=1S/C24H20F2N2O3/c1-15-24(30)28(13-16-6-3-2-4-7-16)14-17-12-18(10-11-21(17)31-15)27-23(29)22-19(25)8-5-9-20(22)26/h2-12,15H,13-14H2,1H3,(H,27,29). The number of hydrogen-bond donors (Lipinski definition) is 1. The lowest BCUT2D eigenvalue weighted by Crippen LogP contribution is -2.37. The van der Waals surface area contributed by atoms with Gasteiger partial charge in [-0.25, -0.2) is 8.78 Å². The Morgan fingerprint density at radius 2 is 1.77 bits per heavy atom. The number of benzene rings is 3. The summed E-state index contributed by atoms with van der Waals surface area (Å²) < 4.78 is 33.6. The fourth-order valence-corrected chi connectivity index (χ4v) is 3.52. The Morgan fingerprint density at radius 3 is 2.48 bits per heavy atom. The average molecular weight is 422 g/mol. The molecule has 31 heavy (non-hydrogen) atoms. The zero-order chi connectivity index (χ0) is 22.0. The molecule has 4 rings (SSSR count). The van der Waals surface area contributed by atoms with Crippen LogP contribution in [0, 0.1) is 11.6 Å². The number of nitrogens with one attached hydrogen (secondary N) is 1. The van der Waals surface area contributed by atoms with E-state index in [0.717, 1.165) is 17.7 Å². The first-order chi connectivity index (χ1) is 14.9. The highest BCUT2D eigenvalue weighted by molar-refractivity contribution is 6.04. The average Bonchev–Trinajstić information content (AvgIpc) is 2.85. The summed E-state index contributed by atoms with van der Waals surface area (Å²) in [6, 6.07) is 17.7. The van der Waals surface area contributed by atoms with Gasteiger partial charge in [0.25, 0.3) is 11.8 Å². The number of halogens is 2. The third-order valence-corrected chi connectivity index (χ3v) is 5.05. The molecule has 1 unspecified atom stereocenters. The zero-order valence-electron chi connectivity index (χ0n) is 16.8. The van der Waals surface area contributed by atoms with Gasteiger partial charge in [-0.15, -0.1) is 0 Å². The van der Waals surface area contributed by atoms with E-state index in [0.29, 0.717) is 23.5 Å². The van der Waals surface area contributed by atoms with E-state index >= 15 is 0 Å². The summed E-state index contributed by atoms with van der Waals surface area (Å²) in [5.41, 5.74) is 1.35. The van der Waals surface area contributed by atoms with Crippen molar-refractivity contribution in [2.45, 2.75) is 26.1 Å². The molecular weight excluding hydrogens is 402 g/mol. The first-order valence-corrected chi connectivity index (χ1v) is 9.80. The van der Waals surface area contributed by atoms with Gasteiger partial charge < -0.3 is 15.0 Å². The van der Waals surface area contributed by atoms with Gasteiger partial charge >= 0.3 is 0 Å². The Bertz CT molecular complexity index is 1110. The summed E-state index contributed by atoms with van der Waals surface area (Å²) >= 11 is 0. The van der Waals surface area contributed by atoms with Gasteiger partial charge in [-0.3, -0.25) is 9.59 Å². The maximum Gasteiger partial charge on any atom is 0.263 e. The predicted molar refractivity (Wildman–Crippen MR) is 112 cm³/mol. The van der Waals surface area contributed by atoms with E-state index < -0.39 is 29.2 Å². The predicted octanol–water partition coefficient (Wildman–Crippen LogP) is 4.53. The fourth-order valence-electron chi connectivity index (χ4n) is 3.52. The van der Waals surface area contributed by atoms with Crippen molar-refractivity contribution in [3.63, 3.8) is 0 Å². The third kappa shape index (κ3) is 4.40. The largest absolute Gasteiger partial charge is 0.481 e. The van der Waals surface area contributed by atoms with Crippen LogP contribution >= 0.6 is 0 Å². The molecule has 7 heteroatoms. The lowest BCUT2D eigenvalue weighted by atomic mass is 10.1. The summed E-state index contributed by atoms with van der Waals surface area (Å²) in [6.45, 7) is 2.36. The molecule has 0 spiro atoms. The van der Waals surface area contributed by atoms with Gasteiger partial charge in [-0.05, 0) is 42.8 Å². The Morgan fingerprint density at radius 1 is 1.06 bits per heavy atom. The van der Waals surface area contributed by atoms with Crippen molar-refractivity contribution in [3.8, 4) is 5.75 Å². The fraction of sp³-hybridized carbons (Fsp3) is 0.167. The SMILES string of the molecule is CC1Oc2ccc(NC(=O)c3c(F)cccc3F)cc2CN(Cc2ccccc2)C1=O. The second-order valence-electron chi connectivity index (χ2n) is 7.31.